The minimum atomic E-state index is -1.26. The Morgan fingerprint density at radius 2 is 1.74 bits per heavy atom. The van der Waals surface area contributed by atoms with Crippen LogP contribution in [0.4, 0.5) is 18.9 Å². The molecular formula is C13H17F3N2O. The lowest BCUT2D eigenvalue weighted by molar-refractivity contribution is -0.121. The summed E-state index contributed by atoms with van der Waals surface area (Å²) in [7, 11) is 0. The minimum absolute atomic E-state index is 0.217. The number of benzene rings is 1. The fourth-order valence-corrected chi connectivity index (χ4v) is 1.34. The number of hydrogen-bond acceptors (Lipinski definition) is 2. The second-order valence-corrected chi connectivity index (χ2v) is 4.89. The summed E-state index contributed by atoms with van der Waals surface area (Å²) in [6, 6.07) is 1.12. The van der Waals surface area contributed by atoms with Crippen LogP contribution < -0.4 is 10.6 Å². The Bertz CT molecular complexity index is 475. The Kier molecular flexibility index (Phi) is 4.80. The molecule has 0 saturated heterocycles. The normalized spacial score (nSPS) is 11.3. The maximum Gasteiger partial charge on any atom is 0.239 e. The molecule has 3 nitrogen and oxygen atoms in total. The van der Waals surface area contributed by atoms with E-state index in [0.29, 0.717) is 12.1 Å². The predicted molar refractivity (Wildman–Crippen MR) is 67.3 cm³/mol. The molecule has 2 N–H and O–H groups in total. The van der Waals surface area contributed by atoms with Crippen molar-refractivity contribution in [3.8, 4) is 0 Å². The van der Waals surface area contributed by atoms with Crippen molar-refractivity contribution in [2.24, 2.45) is 0 Å². The zero-order chi connectivity index (χ0) is 14.6. The summed E-state index contributed by atoms with van der Waals surface area (Å²) in [5, 5.41) is 5.16. The molecule has 0 heterocycles. The molecule has 19 heavy (non-hydrogen) atoms. The molecule has 0 bridgehead atoms. The molecule has 0 fully saturated rings. The monoisotopic (exact) mass is 274 g/mol. The van der Waals surface area contributed by atoms with Gasteiger partial charge in [0.25, 0.3) is 0 Å². The van der Waals surface area contributed by atoms with Gasteiger partial charge in [0.15, 0.2) is 11.6 Å². The Balaban J connectivity index is 2.63. The molecule has 0 aliphatic rings. The quantitative estimate of drug-likeness (QED) is 0.811. The van der Waals surface area contributed by atoms with Crippen LogP contribution in [-0.4, -0.2) is 18.0 Å². The van der Waals surface area contributed by atoms with Gasteiger partial charge in [0.1, 0.15) is 5.82 Å². The molecule has 1 amide bonds. The third-order valence-corrected chi connectivity index (χ3v) is 2.81. The highest BCUT2D eigenvalue weighted by atomic mass is 19.2. The maximum atomic E-state index is 13.3. The third kappa shape index (κ3) is 4.46. The number of rotatable bonds is 5. The predicted octanol–water partition coefficient (Wildman–Crippen LogP) is 2.82. The van der Waals surface area contributed by atoms with E-state index in [0.717, 1.165) is 6.42 Å². The van der Waals surface area contributed by atoms with Crippen LogP contribution in [0.2, 0.25) is 0 Å². The minimum Gasteiger partial charge on any atom is -0.374 e. The molecule has 6 heteroatoms. The van der Waals surface area contributed by atoms with E-state index in [9.17, 15) is 18.0 Å². The van der Waals surface area contributed by atoms with Gasteiger partial charge in [0.2, 0.25) is 5.91 Å². The zero-order valence-electron chi connectivity index (χ0n) is 11.1. The molecule has 0 spiro atoms. The van der Waals surface area contributed by atoms with Gasteiger partial charge in [-0.25, -0.2) is 13.2 Å². The van der Waals surface area contributed by atoms with E-state index >= 15 is 0 Å². The lowest BCUT2D eigenvalue weighted by Crippen LogP contribution is -2.45. The molecule has 0 saturated carbocycles. The Morgan fingerprint density at radius 1 is 1.16 bits per heavy atom. The Morgan fingerprint density at radius 3 is 2.32 bits per heavy atom. The first-order chi connectivity index (χ1) is 8.75. The van der Waals surface area contributed by atoms with Gasteiger partial charge in [-0.2, -0.15) is 0 Å². The number of carbonyl (C=O) groups excluding carboxylic acids is 1. The van der Waals surface area contributed by atoms with E-state index in [1.165, 1.54) is 0 Å². The van der Waals surface area contributed by atoms with Crippen molar-refractivity contribution >= 4 is 11.6 Å². The molecular weight excluding hydrogens is 257 g/mol. The fourth-order valence-electron chi connectivity index (χ4n) is 1.34. The van der Waals surface area contributed by atoms with Crippen molar-refractivity contribution in [2.45, 2.75) is 32.7 Å². The molecule has 0 aliphatic carbocycles. The Hall–Kier alpha value is -1.72. The van der Waals surface area contributed by atoms with Crippen LogP contribution in [0.5, 0.6) is 0 Å². The van der Waals surface area contributed by atoms with Crippen LogP contribution in [-0.2, 0) is 4.79 Å². The van der Waals surface area contributed by atoms with E-state index in [-0.39, 0.29) is 23.7 Å². The fraction of sp³-hybridized carbons (Fsp3) is 0.462. The van der Waals surface area contributed by atoms with Gasteiger partial charge in [-0.3, -0.25) is 4.79 Å². The van der Waals surface area contributed by atoms with Crippen molar-refractivity contribution in [3.63, 3.8) is 0 Å². The highest BCUT2D eigenvalue weighted by Crippen LogP contribution is 2.18. The van der Waals surface area contributed by atoms with Gasteiger partial charge >= 0.3 is 0 Å². The van der Waals surface area contributed by atoms with Gasteiger partial charge < -0.3 is 10.6 Å². The van der Waals surface area contributed by atoms with Crippen LogP contribution >= 0.6 is 0 Å². The van der Waals surface area contributed by atoms with Crippen molar-refractivity contribution in [2.75, 3.05) is 11.9 Å². The highest BCUT2D eigenvalue weighted by molar-refractivity contribution is 5.81. The van der Waals surface area contributed by atoms with Crippen molar-refractivity contribution in [1.29, 1.82) is 0 Å². The van der Waals surface area contributed by atoms with E-state index in [1.807, 2.05) is 20.8 Å². The van der Waals surface area contributed by atoms with Crippen molar-refractivity contribution in [3.05, 3.63) is 29.6 Å². The second-order valence-electron chi connectivity index (χ2n) is 4.89. The third-order valence-electron chi connectivity index (χ3n) is 2.81. The summed E-state index contributed by atoms with van der Waals surface area (Å²) in [5.74, 6) is -3.73. The maximum absolute atomic E-state index is 13.3. The number of carbonyl (C=O) groups is 1. The topological polar surface area (TPSA) is 41.1 Å². The average Bonchev–Trinajstić information content (AvgIpc) is 2.31. The largest absolute Gasteiger partial charge is 0.374 e. The van der Waals surface area contributed by atoms with Crippen LogP contribution in [0.3, 0.4) is 0 Å². The average molecular weight is 274 g/mol. The molecule has 106 valence electrons. The number of halogens is 3. The van der Waals surface area contributed by atoms with Gasteiger partial charge in [0.05, 0.1) is 12.2 Å². The molecule has 0 aliphatic heterocycles. The molecule has 0 unspecified atom stereocenters. The number of amides is 1. The summed E-state index contributed by atoms with van der Waals surface area (Å²) in [4.78, 5) is 11.6. The SMILES string of the molecule is CCC(C)(C)NC(=O)CNc1cc(F)c(F)cc1F. The molecule has 0 aromatic heterocycles. The number of anilines is 1. The molecule has 1 rings (SSSR count). The standard InChI is InChI=1S/C13H17F3N2O/c1-4-13(2,3)18-12(19)7-17-11-6-9(15)8(14)5-10(11)16/h5-6,17H,4,7H2,1-3H3,(H,18,19). The summed E-state index contributed by atoms with van der Waals surface area (Å²) in [6.45, 7) is 5.40. The van der Waals surface area contributed by atoms with Gasteiger partial charge in [-0.05, 0) is 20.3 Å². The molecule has 0 radical (unpaired) electrons. The van der Waals surface area contributed by atoms with E-state index < -0.39 is 17.5 Å². The van der Waals surface area contributed by atoms with Crippen LogP contribution in [0.25, 0.3) is 0 Å². The number of nitrogens with one attached hydrogen (secondary N) is 2. The van der Waals surface area contributed by atoms with Crippen molar-refractivity contribution < 1.29 is 18.0 Å². The van der Waals surface area contributed by atoms with E-state index in [4.69, 9.17) is 0 Å². The zero-order valence-corrected chi connectivity index (χ0v) is 11.1. The summed E-state index contributed by atoms with van der Waals surface area (Å²) < 4.78 is 38.9. The van der Waals surface area contributed by atoms with Crippen molar-refractivity contribution in [1.82, 2.24) is 5.32 Å². The number of hydrogen-bond donors (Lipinski definition) is 2. The first kappa shape index (κ1) is 15.3. The van der Waals surface area contributed by atoms with Gasteiger partial charge in [0, 0.05) is 17.7 Å². The summed E-state index contributed by atoms with van der Waals surface area (Å²) in [5.41, 5.74) is -0.617. The lowest BCUT2D eigenvalue weighted by Gasteiger charge is -2.24. The first-order valence-corrected chi connectivity index (χ1v) is 5.94. The van der Waals surface area contributed by atoms with Crippen LogP contribution in [0.1, 0.15) is 27.2 Å². The van der Waals surface area contributed by atoms with E-state index in [2.05, 4.69) is 10.6 Å². The van der Waals surface area contributed by atoms with Crippen LogP contribution in [0.15, 0.2) is 12.1 Å². The van der Waals surface area contributed by atoms with E-state index in [1.54, 1.807) is 0 Å². The lowest BCUT2D eigenvalue weighted by atomic mass is 10.0. The molecule has 0 atom stereocenters. The second kappa shape index (κ2) is 5.95. The molecule has 1 aromatic rings. The molecule has 1 aromatic carbocycles. The smallest absolute Gasteiger partial charge is 0.239 e. The summed E-state index contributed by atoms with van der Waals surface area (Å²) >= 11 is 0. The van der Waals surface area contributed by atoms with Crippen LogP contribution in [0, 0.1) is 17.5 Å². The van der Waals surface area contributed by atoms with Gasteiger partial charge in [-0.15, -0.1) is 0 Å². The first-order valence-electron chi connectivity index (χ1n) is 5.94. The van der Waals surface area contributed by atoms with Gasteiger partial charge in [-0.1, -0.05) is 6.92 Å². The summed E-state index contributed by atoms with van der Waals surface area (Å²) in [6.07, 6.45) is 0.734. The highest BCUT2D eigenvalue weighted by Gasteiger charge is 2.18. The Labute approximate surface area is 110 Å².